The van der Waals surface area contributed by atoms with Crippen molar-refractivity contribution in [1.82, 2.24) is 20.7 Å². The van der Waals surface area contributed by atoms with Crippen LogP contribution in [0.25, 0.3) is 0 Å². The number of likely N-dealkylation sites (N-methyl/N-ethyl adjacent to an activating group) is 1. The predicted molar refractivity (Wildman–Crippen MR) is 64.6 cm³/mol. The molecule has 0 radical (unpaired) electrons. The Kier molecular flexibility index (Phi) is 3.72. The number of nitrogens with one attached hydrogen (secondary N) is 2. The molecule has 1 heterocycles. The van der Waals surface area contributed by atoms with Crippen LogP contribution in [0.5, 0.6) is 5.75 Å². The summed E-state index contributed by atoms with van der Waals surface area (Å²) in [6.07, 6.45) is 2.49. The van der Waals surface area contributed by atoms with Gasteiger partial charge in [0.15, 0.2) is 0 Å². The molecule has 0 saturated carbocycles. The van der Waals surface area contributed by atoms with Crippen molar-refractivity contribution in [1.29, 1.82) is 0 Å². The van der Waals surface area contributed by atoms with Gasteiger partial charge >= 0.3 is 0 Å². The van der Waals surface area contributed by atoms with Gasteiger partial charge in [0.05, 0.1) is 17.9 Å². The number of phenols is 1. The van der Waals surface area contributed by atoms with Crippen molar-refractivity contribution in [3.8, 4) is 5.75 Å². The van der Waals surface area contributed by atoms with Crippen molar-refractivity contribution in [3.05, 3.63) is 41.7 Å². The van der Waals surface area contributed by atoms with Crippen molar-refractivity contribution in [2.75, 3.05) is 6.54 Å². The Morgan fingerprint density at radius 2 is 2.35 bits per heavy atom. The highest BCUT2D eigenvalue weighted by Gasteiger charge is 2.13. The van der Waals surface area contributed by atoms with Crippen LogP contribution >= 0.6 is 0 Å². The molecule has 0 fully saturated rings. The number of nitrogens with zero attached hydrogens (tertiary/aromatic N) is 2. The topological polar surface area (TPSA) is 73.8 Å². The molecule has 1 aromatic heterocycles. The maximum Gasteiger partial charge on any atom is 0.115 e. The first-order valence-electron chi connectivity index (χ1n) is 5.66. The summed E-state index contributed by atoms with van der Waals surface area (Å²) in [6.45, 7) is 2.91. The van der Waals surface area contributed by atoms with Gasteiger partial charge in [-0.15, -0.1) is 0 Å². The maximum absolute atomic E-state index is 9.43. The van der Waals surface area contributed by atoms with Crippen LogP contribution < -0.4 is 5.32 Å². The van der Waals surface area contributed by atoms with E-state index in [1.807, 2.05) is 12.1 Å². The van der Waals surface area contributed by atoms with E-state index in [1.54, 1.807) is 18.3 Å². The first-order valence-corrected chi connectivity index (χ1v) is 5.66. The highest BCUT2D eigenvalue weighted by atomic mass is 16.3. The van der Waals surface area contributed by atoms with Crippen molar-refractivity contribution in [3.63, 3.8) is 0 Å². The standard InChI is InChI=1S/C12H16N4O/c1-2-13-11(12-8-14-16-15-12)7-9-4-3-5-10(17)6-9/h3-6,8,11,13,17H,2,7H2,1H3,(H,14,15,16). The molecule has 2 rings (SSSR count). The van der Waals surface area contributed by atoms with E-state index in [-0.39, 0.29) is 11.8 Å². The number of H-pyrrole nitrogens is 1. The number of aromatic hydroxyl groups is 1. The number of rotatable bonds is 5. The van der Waals surface area contributed by atoms with E-state index in [0.717, 1.165) is 24.2 Å². The molecule has 3 N–H and O–H groups in total. The molecule has 5 nitrogen and oxygen atoms in total. The van der Waals surface area contributed by atoms with Crippen LogP contribution in [-0.2, 0) is 6.42 Å². The number of aromatic amines is 1. The Morgan fingerprint density at radius 1 is 1.47 bits per heavy atom. The fourth-order valence-electron chi connectivity index (χ4n) is 1.83. The molecule has 0 bridgehead atoms. The minimum atomic E-state index is 0.112. The second kappa shape index (κ2) is 5.45. The lowest BCUT2D eigenvalue weighted by molar-refractivity contribution is 0.473. The van der Waals surface area contributed by atoms with Crippen LogP contribution in [0.2, 0.25) is 0 Å². The normalized spacial score (nSPS) is 12.5. The van der Waals surface area contributed by atoms with Crippen LogP contribution in [0.4, 0.5) is 0 Å². The third-order valence-electron chi connectivity index (χ3n) is 2.59. The van der Waals surface area contributed by atoms with Crippen molar-refractivity contribution in [2.24, 2.45) is 0 Å². The molecule has 0 aliphatic heterocycles. The summed E-state index contributed by atoms with van der Waals surface area (Å²) in [5, 5.41) is 23.3. The molecule has 0 spiro atoms. The lowest BCUT2D eigenvalue weighted by Gasteiger charge is -2.15. The van der Waals surface area contributed by atoms with Crippen LogP contribution in [-0.4, -0.2) is 27.1 Å². The van der Waals surface area contributed by atoms with Crippen LogP contribution in [0.15, 0.2) is 30.5 Å². The Hall–Kier alpha value is -1.88. The van der Waals surface area contributed by atoms with E-state index in [0.29, 0.717) is 0 Å². The fraction of sp³-hybridized carbons (Fsp3) is 0.333. The summed E-state index contributed by atoms with van der Waals surface area (Å²) >= 11 is 0. The summed E-state index contributed by atoms with van der Waals surface area (Å²) in [6, 6.07) is 7.38. The molecule has 1 atom stereocenters. The number of phenolic OH excluding ortho intramolecular Hbond substituents is 1. The minimum Gasteiger partial charge on any atom is -0.508 e. The Bertz CT molecular complexity index is 455. The minimum absolute atomic E-state index is 0.112. The third kappa shape index (κ3) is 3.04. The van der Waals surface area contributed by atoms with Gasteiger partial charge in [-0.1, -0.05) is 19.1 Å². The van der Waals surface area contributed by atoms with Gasteiger partial charge in [-0.2, -0.15) is 15.4 Å². The van der Waals surface area contributed by atoms with E-state index in [1.165, 1.54) is 0 Å². The number of benzene rings is 1. The molecule has 1 unspecified atom stereocenters. The second-order valence-electron chi connectivity index (χ2n) is 3.88. The molecular weight excluding hydrogens is 216 g/mol. The Morgan fingerprint density at radius 3 is 3.00 bits per heavy atom. The molecule has 90 valence electrons. The monoisotopic (exact) mass is 232 g/mol. The van der Waals surface area contributed by atoms with Gasteiger partial charge in [0.1, 0.15) is 5.75 Å². The molecule has 0 saturated heterocycles. The third-order valence-corrected chi connectivity index (χ3v) is 2.59. The lowest BCUT2D eigenvalue weighted by atomic mass is 10.0. The highest BCUT2D eigenvalue weighted by Crippen LogP contribution is 2.18. The number of hydrogen-bond acceptors (Lipinski definition) is 4. The molecule has 17 heavy (non-hydrogen) atoms. The molecule has 5 heteroatoms. The van der Waals surface area contributed by atoms with Gasteiger partial charge < -0.3 is 10.4 Å². The lowest BCUT2D eigenvalue weighted by Crippen LogP contribution is -2.23. The van der Waals surface area contributed by atoms with Gasteiger partial charge in [-0.3, -0.25) is 0 Å². The number of hydrogen-bond donors (Lipinski definition) is 3. The molecular formula is C12H16N4O. The second-order valence-corrected chi connectivity index (χ2v) is 3.88. The summed E-state index contributed by atoms with van der Waals surface area (Å²) in [7, 11) is 0. The SMILES string of the molecule is CCNC(Cc1cccc(O)c1)c1cn[nH]n1. The predicted octanol–water partition coefficient (Wildman–Crippen LogP) is 1.40. The van der Waals surface area contributed by atoms with Crippen LogP contribution in [0.1, 0.15) is 24.2 Å². The van der Waals surface area contributed by atoms with Gasteiger partial charge in [0.2, 0.25) is 0 Å². The van der Waals surface area contributed by atoms with Crippen molar-refractivity contribution >= 4 is 0 Å². The zero-order chi connectivity index (χ0) is 12.1. The molecule has 0 aliphatic carbocycles. The average molecular weight is 232 g/mol. The van der Waals surface area contributed by atoms with E-state index in [9.17, 15) is 5.11 Å². The molecule has 0 amide bonds. The van der Waals surface area contributed by atoms with Gasteiger partial charge in [0, 0.05) is 0 Å². The quantitative estimate of drug-likeness (QED) is 0.728. The van der Waals surface area contributed by atoms with Gasteiger partial charge in [0.25, 0.3) is 0 Å². The Labute approximate surface area is 99.9 Å². The van der Waals surface area contributed by atoms with E-state index < -0.39 is 0 Å². The van der Waals surface area contributed by atoms with Gasteiger partial charge in [-0.25, -0.2) is 0 Å². The number of aromatic nitrogens is 3. The first-order chi connectivity index (χ1) is 8.29. The first kappa shape index (κ1) is 11.6. The van der Waals surface area contributed by atoms with E-state index in [2.05, 4.69) is 27.7 Å². The fourth-order valence-corrected chi connectivity index (χ4v) is 1.83. The summed E-state index contributed by atoms with van der Waals surface area (Å²) < 4.78 is 0. The highest BCUT2D eigenvalue weighted by molar-refractivity contribution is 5.28. The van der Waals surface area contributed by atoms with Gasteiger partial charge in [-0.05, 0) is 30.7 Å². The molecule has 0 aliphatic rings. The van der Waals surface area contributed by atoms with E-state index in [4.69, 9.17) is 0 Å². The molecule has 2 aromatic rings. The summed E-state index contributed by atoms with van der Waals surface area (Å²) in [4.78, 5) is 0. The average Bonchev–Trinajstić information content (AvgIpc) is 2.82. The van der Waals surface area contributed by atoms with E-state index >= 15 is 0 Å². The van der Waals surface area contributed by atoms with Crippen LogP contribution in [0.3, 0.4) is 0 Å². The van der Waals surface area contributed by atoms with Crippen molar-refractivity contribution < 1.29 is 5.11 Å². The van der Waals surface area contributed by atoms with Crippen molar-refractivity contribution in [2.45, 2.75) is 19.4 Å². The Balaban J connectivity index is 2.13. The zero-order valence-electron chi connectivity index (χ0n) is 9.72. The largest absolute Gasteiger partial charge is 0.508 e. The summed E-state index contributed by atoms with van der Waals surface area (Å²) in [5.41, 5.74) is 1.95. The molecule has 1 aromatic carbocycles. The zero-order valence-corrected chi connectivity index (χ0v) is 9.72. The smallest absolute Gasteiger partial charge is 0.115 e. The summed E-state index contributed by atoms with van der Waals surface area (Å²) in [5.74, 6) is 0.290. The van der Waals surface area contributed by atoms with Crippen LogP contribution in [0, 0.1) is 0 Å². The maximum atomic E-state index is 9.43.